The first-order valence-corrected chi connectivity index (χ1v) is 9.24. The zero-order valence-electron chi connectivity index (χ0n) is 12.9. The zero-order valence-corrected chi connectivity index (χ0v) is 13.7. The molecule has 0 heterocycles. The molecule has 4 heteroatoms. The van der Waals surface area contributed by atoms with Crippen molar-refractivity contribution in [3.8, 4) is 0 Å². The van der Waals surface area contributed by atoms with Gasteiger partial charge in [-0.2, -0.15) is 0 Å². The Balaban J connectivity index is 2.68. The van der Waals surface area contributed by atoms with Crippen LogP contribution in [0.4, 0.5) is 5.69 Å². The van der Waals surface area contributed by atoms with Gasteiger partial charge in [0.15, 0.2) is 9.84 Å². The Morgan fingerprint density at radius 2 is 1.80 bits per heavy atom. The number of benzene rings is 1. The van der Waals surface area contributed by atoms with Crippen molar-refractivity contribution >= 4 is 15.5 Å². The van der Waals surface area contributed by atoms with Crippen molar-refractivity contribution in [3.63, 3.8) is 0 Å². The molecule has 0 radical (unpaired) electrons. The fourth-order valence-electron chi connectivity index (χ4n) is 2.23. The third-order valence-corrected chi connectivity index (χ3v) is 5.28. The summed E-state index contributed by atoms with van der Waals surface area (Å²) in [5.41, 5.74) is 0.734. The minimum atomic E-state index is -3.17. The SMILES string of the molecule is CCCCCCC(C)Nc1ccccc1S(=O)(=O)CC. The molecule has 0 aliphatic heterocycles. The van der Waals surface area contributed by atoms with Crippen molar-refractivity contribution in [2.45, 2.75) is 63.8 Å². The predicted molar refractivity (Wildman–Crippen MR) is 86.0 cm³/mol. The number of sulfone groups is 1. The number of para-hydroxylation sites is 1. The molecule has 1 atom stereocenters. The zero-order chi connectivity index (χ0) is 15.0. The molecule has 1 N–H and O–H groups in total. The van der Waals surface area contributed by atoms with Crippen molar-refractivity contribution in [2.75, 3.05) is 11.1 Å². The Morgan fingerprint density at radius 1 is 1.10 bits per heavy atom. The van der Waals surface area contributed by atoms with E-state index in [1.807, 2.05) is 12.1 Å². The molecule has 0 amide bonds. The highest BCUT2D eigenvalue weighted by atomic mass is 32.2. The van der Waals surface area contributed by atoms with Crippen molar-refractivity contribution in [1.29, 1.82) is 0 Å². The Kier molecular flexibility index (Phi) is 7.06. The predicted octanol–water partition coefficient (Wildman–Crippen LogP) is 4.25. The van der Waals surface area contributed by atoms with Crippen LogP contribution in [0.1, 0.15) is 52.9 Å². The first kappa shape index (κ1) is 17.0. The van der Waals surface area contributed by atoms with E-state index in [9.17, 15) is 8.42 Å². The summed E-state index contributed by atoms with van der Waals surface area (Å²) in [7, 11) is -3.17. The molecule has 0 aromatic heterocycles. The van der Waals surface area contributed by atoms with Crippen LogP contribution in [0.2, 0.25) is 0 Å². The maximum absolute atomic E-state index is 12.1. The van der Waals surface area contributed by atoms with E-state index >= 15 is 0 Å². The molecule has 1 unspecified atom stereocenters. The maximum Gasteiger partial charge on any atom is 0.180 e. The summed E-state index contributed by atoms with van der Waals surface area (Å²) in [6, 6.07) is 7.48. The summed E-state index contributed by atoms with van der Waals surface area (Å²) in [4.78, 5) is 0.419. The molecule has 0 spiro atoms. The van der Waals surface area contributed by atoms with Gasteiger partial charge in [0.25, 0.3) is 0 Å². The average molecular weight is 297 g/mol. The molecule has 0 bridgehead atoms. The lowest BCUT2D eigenvalue weighted by Gasteiger charge is -2.18. The van der Waals surface area contributed by atoms with E-state index in [2.05, 4.69) is 19.2 Å². The van der Waals surface area contributed by atoms with Crippen LogP contribution in [0.3, 0.4) is 0 Å². The molecule has 0 aliphatic carbocycles. The van der Waals surface area contributed by atoms with E-state index in [-0.39, 0.29) is 5.75 Å². The summed E-state index contributed by atoms with van der Waals surface area (Å²) in [6.07, 6.45) is 6.01. The quantitative estimate of drug-likeness (QED) is 0.693. The van der Waals surface area contributed by atoms with Crippen LogP contribution in [0.15, 0.2) is 29.2 Å². The largest absolute Gasteiger partial charge is 0.382 e. The number of unbranched alkanes of at least 4 members (excludes halogenated alkanes) is 3. The molecular weight excluding hydrogens is 270 g/mol. The molecule has 0 aliphatic rings. The van der Waals surface area contributed by atoms with E-state index in [0.717, 1.165) is 12.1 Å². The number of anilines is 1. The minimum absolute atomic E-state index is 0.135. The monoisotopic (exact) mass is 297 g/mol. The Hall–Kier alpha value is -1.03. The van der Waals surface area contributed by atoms with Crippen molar-refractivity contribution < 1.29 is 8.42 Å². The molecule has 114 valence electrons. The van der Waals surface area contributed by atoms with Gasteiger partial charge in [0, 0.05) is 6.04 Å². The second-order valence-electron chi connectivity index (χ2n) is 5.29. The first-order valence-electron chi connectivity index (χ1n) is 7.59. The summed E-state index contributed by atoms with van der Waals surface area (Å²) in [5.74, 6) is 0.135. The second kappa shape index (κ2) is 8.30. The van der Waals surface area contributed by atoms with Gasteiger partial charge >= 0.3 is 0 Å². The van der Waals surface area contributed by atoms with Crippen LogP contribution in [0.5, 0.6) is 0 Å². The van der Waals surface area contributed by atoms with Crippen LogP contribution >= 0.6 is 0 Å². The molecule has 0 saturated carbocycles. The highest BCUT2D eigenvalue weighted by Gasteiger charge is 2.16. The molecule has 1 aromatic carbocycles. The normalized spacial score (nSPS) is 13.2. The molecule has 3 nitrogen and oxygen atoms in total. The van der Waals surface area contributed by atoms with Gasteiger partial charge in [0.2, 0.25) is 0 Å². The van der Waals surface area contributed by atoms with E-state index < -0.39 is 9.84 Å². The summed E-state index contributed by atoms with van der Waals surface area (Å²) < 4.78 is 24.1. The number of rotatable bonds is 9. The fourth-order valence-corrected chi connectivity index (χ4v) is 3.29. The second-order valence-corrected chi connectivity index (χ2v) is 7.54. The number of hydrogen-bond acceptors (Lipinski definition) is 3. The summed E-state index contributed by atoms with van der Waals surface area (Å²) in [6.45, 7) is 6.00. The van der Waals surface area contributed by atoms with Crippen molar-refractivity contribution in [1.82, 2.24) is 0 Å². The lowest BCUT2D eigenvalue weighted by molar-refractivity contribution is 0.590. The third kappa shape index (κ3) is 5.16. The fraction of sp³-hybridized carbons (Fsp3) is 0.625. The van der Waals surface area contributed by atoms with Crippen LogP contribution in [-0.2, 0) is 9.84 Å². The molecule has 0 fully saturated rings. The van der Waals surface area contributed by atoms with Crippen molar-refractivity contribution in [3.05, 3.63) is 24.3 Å². The van der Waals surface area contributed by atoms with Crippen LogP contribution < -0.4 is 5.32 Å². The maximum atomic E-state index is 12.1. The van der Waals surface area contributed by atoms with Crippen molar-refractivity contribution in [2.24, 2.45) is 0 Å². The Bertz CT molecular complexity index is 497. The smallest absolute Gasteiger partial charge is 0.180 e. The van der Waals surface area contributed by atoms with Gasteiger partial charge in [-0.1, -0.05) is 51.7 Å². The molecular formula is C16H27NO2S. The molecule has 0 saturated heterocycles. The Morgan fingerprint density at radius 3 is 2.45 bits per heavy atom. The highest BCUT2D eigenvalue weighted by Crippen LogP contribution is 2.23. The minimum Gasteiger partial charge on any atom is -0.382 e. The molecule has 1 aromatic rings. The average Bonchev–Trinajstić information content (AvgIpc) is 2.44. The van der Waals surface area contributed by atoms with Gasteiger partial charge in [-0.05, 0) is 25.5 Å². The van der Waals surface area contributed by atoms with Gasteiger partial charge in [0.1, 0.15) is 0 Å². The van der Waals surface area contributed by atoms with E-state index in [1.54, 1.807) is 19.1 Å². The standard InChI is InChI=1S/C16H27NO2S/c1-4-6-7-8-11-14(3)17-15-12-9-10-13-16(15)20(18,19)5-2/h9-10,12-14,17H,4-8,11H2,1-3H3. The summed E-state index contributed by atoms with van der Waals surface area (Å²) in [5, 5.41) is 3.35. The van der Waals surface area contributed by atoms with Gasteiger partial charge in [-0.15, -0.1) is 0 Å². The summed E-state index contributed by atoms with van der Waals surface area (Å²) >= 11 is 0. The third-order valence-electron chi connectivity index (χ3n) is 3.49. The van der Waals surface area contributed by atoms with Gasteiger partial charge < -0.3 is 5.32 Å². The van der Waals surface area contributed by atoms with E-state index in [0.29, 0.717) is 10.9 Å². The topological polar surface area (TPSA) is 46.2 Å². The van der Waals surface area contributed by atoms with Gasteiger partial charge in [-0.3, -0.25) is 0 Å². The lowest BCUT2D eigenvalue weighted by atomic mass is 10.1. The van der Waals surface area contributed by atoms with Crippen LogP contribution in [0.25, 0.3) is 0 Å². The number of nitrogens with one attached hydrogen (secondary N) is 1. The Labute approximate surface area is 123 Å². The van der Waals surface area contributed by atoms with Gasteiger partial charge in [0.05, 0.1) is 16.3 Å². The van der Waals surface area contributed by atoms with Gasteiger partial charge in [-0.25, -0.2) is 8.42 Å². The van der Waals surface area contributed by atoms with E-state index in [1.165, 1.54) is 25.7 Å². The number of hydrogen-bond donors (Lipinski definition) is 1. The first-order chi connectivity index (χ1) is 9.51. The molecule has 20 heavy (non-hydrogen) atoms. The molecule has 1 rings (SSSR count). The van der Waals surface area contributed by atoms with Crippen LogP contribution in [0, 0.1) is 0 Å². The van der Waals surface area contributed by atoms with E-state index in [4.69, 9.17) is 0 Å². The van der Waals surface area contributed by atoms with Crippen LogP contribution in [-0.4, -0.2) is 20.2 Å². The highest BCUT2D eigenvalue weighted by molar-refractivity contribution is 7.91. The lowest BCUT2D eigenvalue weighted by Crippen LogP contribution is -2.17.